The zero-order valence-corrected chi connectivity index (χ0v) is 8.77. The molecule has 0 saturated carbocycles. The maximum atomic E-state index is 11.0. The summed E-state index contributed by atoms with van der Waals surface area (Å²) in [5.74, 6) is -0.0972. The average molecular weight is 214 g/mol. The number of esters is 1. The summed E-state index contributed by atoms with van der Waals surface area (Å²) in [5, 5.41) is 1.70. The van der Waals surface area contributed by atoms with Crippen LogP contribution in [0.3, 0.4) is 0 Å². The standard InChI is InChI=1S/C13H10O3/c1-9(15)16-13-11(8-14)7-6-10-4-2-3-5-12(10)13/h2-8H,1H3. The molecule has 0 spiro atoms. The number of benzene rings is 2. The Kier molecular flexibility index (Phi) is 2.68. The van der Waals surface area contributed by atoms with Gasteiger partial charge in [-0.25, -0.2) is 0 Å². The second-order valence-corrected chi connectivity index (χ2v) is 3.42. The normalized spacial score (nSPS) is 10.1. The highest BCUT2D eigenvalue weighted by Gasteiger charge is 2.09. The van der Waals surface area contributed by atoms with E-state index in [1.165, 1.54) is 6.92 Å². The van der Waals surface area contributed by atoms with Gasteiger partial charge in [0.1, 0.15) is 5.75 Å². The molecular weight excluding hydrogens is 204 g/mol. The Hall–Kier alpha value is -2.16. The molecule has 0 aromatic heterocycles. The first-order valence-electron chi connectivity index (χ1n) is 4.87. The van der Waals surface area contributed by atoms with Gasteiger partial charge in [0.15, 0.2) is 6.29 Å². The summed E-state index contributed by atoms with van der Waals surface area (Å²) >= 11 is 0. The van der Waals surface area contributed by atoms with E-state index in [1.807, 2.05) is 30.3 Å². The lowest BCUT2D eigenvalue weighted by molar-refractivity contribution is -0.131. The van der Waals surface area contributed by atoms with E-state index in [2.05, 4.69) is 0 Å². The third-order valence-corrected chi connectivity index (χ3v) is 2.28. The average Bonchev–Trinajstić information content (AvgIpc) is 2.29. The zero-order valence-electron chi connectivity index (χ0n) is 8.77. The van der Waals surface area contributed by atoms with Crippen molar-refractivity contribution in [1.29, 1.82) is 0 Å². The Bertz CT molecular complexity index is 558. The molecule has 0 fully saturated rings. The molecule has 3 heteroatoms. The predicted octanol–water partition coefficient (Wildman–Crippen LogP) is 2.58. The molecule has 3 nitrogen and oxygen atoms in total. The molecule has 2 aromatic carbocycles. The van der Waals surface area contributed by atoms with Crippen molar-refractivity contribution in [1.82, 2.24) is 0 Å². The fraction of sp³-hybridized carbons (Fsp3) is 0.0769. The minimum atomic E-state index is -0.431. The highest BCUT2D eigenvalue weighted by molar-refractivity contribution is 5.97. The highest BCUT2D eigenvalue weighted by Crippen LogP contribution is 2.28. The van der Waals surface area contributed by atoms with Crippen LogP contribution in [-0.2, 0) is 4.79 Å². The minimum Gasteiger partial charge on any atom is -0.425 e. The van der Waals surface area contributed by atoms with Gasteiger partial charge in [-0.2, -0.15) is 0 Å². The molecule has 0 bridgehead atoms. The molecule has 0 unspecified atom stereocenters. The molecule has 16 heavy (non-hydrogen) atoms. The van der Waals surface area contributed by atoms with Gasteiger partial charge in [-0.3, -0.25) is 9.59 Å². The van der Waals surface area contributed by atoms with Gasteiger partial charge < -0.3 is 4.74 Å². The summed E-state index contributed by atoms with van der Waals surface area (Å²) in [6.45, 7) is 1.32. The zero-order chi connectivity index (χ0) is 11.5. The molecule has 0 N–H and O–H groups in total. The van der Waals surface area contributed by atoms with E-state index in [9.17, 15) is 9.59 Å². The van der Waals surface area contributed by atoms with Gasteiger partial charge in [0.05, 0.1) is 5.56 Å². The van der Waals surface area contributed by atoms with Gasteiger partial charge in [-0.05, 0) is 11.5 Å². The summed E-state index contributed by atoms with van der Waals surface area (Å²) < 4.78 is 5.08. The van der Waals surface area contributed by atoms with E-state index >= 15 is 0 Å². The van der Waals surface area contributed by atoms with Crippen LogP contribution in [0, 0.1) is 0 Å². The van der Waals surface area contributed by atoms with Crippen LogP contribution in [0.25, 0.3) is 10.8 Å². The number of carbonyl (C=O) groups excluding carboxylic acids is 2. The Balaban J connectivity index is 2.72. The first-order chi connectivity index (χ1) is 7.72. The minimum absolute atomic E-state index is 0.334. The Morgan fingerprint density at radius 2 is 1.94 bits per heavy atom. The quantitative estimate of drug-likeness (QED) is 0.438. The van der Waals surface area contributed by atoms with Gasteiger partial charge >= 0.3 is 5.97 Å². The number of rotatable bonds is 2. The van der Waals surface area contributed by atoms with Gasteiger partial charge in [0.2, 0.25) is 0 Å². The number of carbonyl (C=O) groups is 2. The second kappa shape index (κ2) is 4.14. The first-order valence-corrected chi connectivity index (χ1v) is 4.87. The van der Waals surface area contributed by atoms with Crippen LogP contribution in [-0.4, -0.2) is 12.3 Å². The van der Waals surface area contributed by atoms with Crippen molar-refractivity contribution in [3.05, 3.63) is 42.0 Å². The molecule has 80 valence electrons. The van der Waals surface area contributed by atoms with Gasteiger partial charge in [-0.1, -0.05) is 30.3 Å². The molecule has 0 saturated heterocycles. The van der Waals surface area contributed by atoms with E-state index in [4.69, 9.17) is 4.74 Å². The third-order valence-electron chi connectivity index (χ3n) is 2.28. The molecule has 0 radical (unpaired) electrons. The highest BCUT2D eigenvalue weighted by atomic mass is 16.5. The smallest absolute Gasteiger partial charge is 0.308 e. The third kappa shape index (κ3) is 1.80. The van der Waals surface area contributed by atoms with Crippen LogP contribution >= 0.6 is 0 Å². The van der Waals surface area contributed by atoms with Crippen LogP contribution in [0.1, 0.15) is 17.3 Å². The Labute approximate surface area is 92.6 Å². The molecule has 0 aliphatic heterocycles. The first kappa shape index (κ1) is 10.4. The molecule has 2 aromatic rings. The number of hydrogen-bond acceptors (Lipinski definition) is 3. The van der Waals surface area contributed by atoms with E-state index in [1.54, 1.807) is 6.07 Å². The number of fused-ring (bicyclic) bond motifs is 1. The Morgan fingerprint density at radius 3 is 2.62 bits per heavy atom. The van der Waals surface area contributed by atoms with Crippen molar-refractivity contribution < 1.29 is 14.3 Å². The molecule has 0 atom stereocenters. The van der Waals surface area contributed by atoms with Crippen LogP contribution < -0.4 is 4.74 Å². The van der Waals surface area contributed by atoms with Crippen LogP contribution in [0.4, 0.5) is 0 Å². The predicted molar refractivity (Wildman–Crippen MR) is 60.6 cm³/mol. The van der Waals surface area contributed by atoms with Crippen molar-refractivity contribution in [2.45, 2.75) is 6.92 Å². The summed E-state index contributed by atoms with van der Waals surface area (Å²) in [5.41, 5.74) is 0.383. The lowest BCUT2D eigenvalue weighted by Crippen LogP contribution is -2.04. The van der Waals surface area contributed by atoms with Crippen LogP contribution in [0.15, 0.2) is 36.4 Å². The van der Waals surface area contributed by atoms with Crippen molar-refractivity contribution in [3.8, 4) is 5.75 Å². The van der Waals surface area contributed by atoms with Crippen LogP contribution in [0.5, 0.6) is 5.75 Å². The molecule has 0 aliphatic carbocycles. The monoisotopic (exact) mass is 214 g/mol. The molecule has 0 aliphatic rings. The molecule has 0 heterocycles. The van der Waals surface area contributed by atoms with E-state index in [0.29, 0.717) is 17.6 Å². The summed E-state index contributed by atoms with van der Waals surface area (Å²) in [6.07, 6.45) is 0.685. The number of ether oxygens (including phenoxy) is 1. The lowest BCUT2D eigenvalue weighted by atomic mass is 10.1. The fourth-order valence-corrected chi connectivity index (χ4v) is 1.61. The van der Waals surface area contributed by atoms with Crippen molar-refractivity contribution in [2.75, 3.05) is 0 Å². The fourth-order valence-electron chi connectivity index (χ4n) is 1.61. The lowest BCUT2D eigenvalue weighted by Gasteiger charge is -2.08. The SMILES string of the molecule is CC(=O)Oc1c(C=O)ccc2ccccc12. The second-order valence-electron chi connectivity index (χ2n) is 3.42. The summed E-state index contributed by atoms with van der Waals surface area (Å²) in [7, 11) is 0. The van der Waals surface area contributed by atoms with Gasteiger partial charge in [0.25, 0.3) is 0 Å². The van der Waals surface area contributed by atoms with Crippen molar-refractivity contribution in [2.24, 2.45) is 0 Å². The number of aldehydes is 1. The van der Waals surface area contributed by atoms with Gasteiger partial charge in [0, 0.05) is 12.3 Å². The maximum absolute atomic E-state index is 11.0. The topological polar surface area (TPSA) is 43.4 Å². The Morgan fingerprint density at radius 1 is 1.19 bits per heavy atom. The van der Waals surface area contributed by atoms with E-state index < -0.39 is 5.97 Å². The summed E-state index contributed by atoms with van der Waals surface area (Å²) in [6, 6.07) is 10.9. The van der Waals surface area contributed by atoms with E-state index in [-0.39, 0.29) is 0 Å². The molecule has 2 rings (SSSR count). The molecular formula is C13H10O3. The maximum Gasteiger partial charge on any atom is 0.308 e. The van der Waals surface area contributed by atoms with E-state index in [0.717, 1.165) is 10.8 Å². The number of hydrogen-bond donors (Lipinski definition) is 0. The summed E-state index contributed by atoms with van der Waals surface area (Å²) in [4.78, 5) is 21.8. The molecule has 0 amide bonds. The van der Waals surface area contributed by atoms with Crippen molar-refractivity contribution >= 4 is 23.0 Å². The van der Waals surface area contributed by atoms with Crippen LogP contribution in [0.2, 0.25) is 0 Å². The van der Waals surface area contributed by atoms with Gasteiger partial charge in [-0.15, -0.1) is 0 Å². The largest absolute Gasteiger partial charge is 0.425 e. The van der Waals surface area contributed by atoms with Crippen molar-refractivity contribution in [3.63, 3.8) is 0 Å².